The summed E-state index contributed by atoms with van der Waals surface area (Å²) in [5.74, 6) is 0.597. The van der Waals surface area contributed by atoms with Gasteiger partial charge >= 0.3 is 0 Å². The fourth-order valence-electron chi connectivity index (χ4n) is 2.32. The lowest BCUT2D eigenvalue weighted by atomic mass is 10.0. The van der Waals surface area contributed by atoms with Crippen LogP contribution in [0.25, 0.3) is 11.3 Å². The normalized spacial score (nSPS) is 13.4. The van der Waals surface area contributed by atoms with Gasteiger partial charge in [0.15, 0.2) is 0 Å². The van der Waals surface area contributed by atoms with Gasteiger partial charge in [0.05, 0.1) is 12.1 Å². The summed E-state index contributed by atoms with van der Waals surface area (Å²) < 4.78 is 0. The number of hydrogen-bond donors (Lipinski definition) is 2. The van der Waals surface area contributed by atoms with Crippen molar-refractivity contribution in [3.05, 3.63) is 35.5 Å². The van der Waals surface area contributed by atoms with Crippen molar-refractivity contribution < 1.29 is 4.79 Å². The molecular weight excluding hydrogens is 252 g/mol. The highest BCUT2D eigenvalue weighted by Crippen LogP contribution is 2.29. The van der Waals surface area contributed by atoms with Crippen molar-refractivity contribution in [3.8, 4) is 11.3 Å². The van der Waals surface area contributed by atoms with Gasteiger partial charge in [0.25, 0.3) is 0 Å². The summed E-state index contributed by atoms with van der Waals surface area (Å²) in [6, 6.07) is 7.78. The number of nitrogens with one attached hydrogen (secondary N) is 1. The number of nitrogens with zero attached hydrogens (tertiary/aromatic N) is 2. The van der Waals surface area contributed by atoms with Crippen molar-refractivity contribution in [2.75, 3.05) is 11.1 Å². The predicted molar refractivity (Wildman–Crippen MR) is 78.3 cm³/mol. The molecule has 0 aliphatic carbocycles. The van der Waals surface area contributed by atoms with E-state index in [1.807, 2.05) is 24.3 Å². The molecule has 0 saturated heterocycles. The Morgan fingerprint density at radius 3 is 2.80 bits per heavy atom. The summed E-state index contributed by atoms with van der Waals surface area (Å²) in [6.45, 7) is 4.13. The molecule has 20 heavy (non-hydrogen) atoms. The SMILES string of the molecule is CC(C)c1cc(-c2ccc3c(c2)CC(=O)N3)nc(N)n1. The molecule has 0 spiro atoms. The Morgan fingerprint density at radius 2 is 2.05 bits per heavy atom. The van der Waals surface area contributed by atoms with E-state index in [0.717, 1.165) is 28.2 Å². The fraction of sp³-hybridized carbons (Fsp3) is 0.267. The van der Waals surface area contributed by atoms with Gasteiger partial charge in [-0.2, -0.15) is 0 Å². The molecule has 1 aliphatic heterocycles. The molecule has 1 aromatic heterocycles. The van der Waals surface area contributed by atoms with Gasteiger partial charge in [-0.05, 0) is 29.7 Å². The molecule has 102 valence electrons. The quantitative estimate of drug-likeness (QED) is 0.876. The first-order chi connectivity index (χ1) is 9.52. The first-order valence-electron chi connectivity index (χ1n) is 6.60. The number of benzene rings is 1. The van der Waals surface area contributed by atoms with Gasteiger partial charge in [-0.3, -0.25) is 4.79 Å². The fourth-order valence-corrected chi connectivity index (χ4v) is 2.32. The smallest absolute Gasteiger partial charge is 0.228 e. The van der Waals surface area contributed by atoms with Crippen molar-refractivity contribution in [1.29, 1.82) is 0 Å². The molecule has 2 heterocycles. The molecule has 2 aromatic rings. The van der Waals surface area contributed by atoms with Crippen molar-refractivity contribution in [3.63, 3.8) is 0 Å². The van der Waals surface area contributed by atoms with E-state index in [1.165, 1.54) is 0 Å². The minimum Gasteiger partial charge on any atom is -0.368 e. The van der Waals surface area contributed by atoms with E-state index in [-0.39, 0.29) is 17.8 Å². The highest BCUT2D eigenvalue weighted by Gasteiger charge is 2.18. The summed E-state index contributed by atoms with van der Waals surface area (Å²) in [6.07, 6.45) is 0.417. The van der Waals surface area contributed by atoms with Crippen LogP contribution in [0.2, 0.25) is 0 Å². The third-order valence-corrected chi connectivity index (χ3v) is 3.38. The summed E-state index contributed by atoms with van der Waals surface area (Å²) in [4.78, 5) is 19.9. The van der Waals surface area contributed by atoms with Crippen LogP contribution in [-0.2, 0) is 11.2 Å². The molecule has 5 heteroatoms. The molecular formula is C15H16N4O. The van der Waals surface area contributed by atoms with Crippen LogP contribution in [0.15, 0.2) is 24.3 Å². The third-order valence-electron chi connectivity index (χ3n) is 3.38. The molecule has 1 aliphatic rings. The predicted octanol–water partition coefficient (Wildman–Crippen LogP) is 2.34. The highest BCUT2D eigenvalue weighted by atomic mass is 16.1. The number of amides is 1. The second-order valence-corrected chi connectivity index (χ2v) is 5.29. The first kappa shape index (κ1) is 12.6. The molecule has 1 aromatic carbocycles. The van der Waals surface area contributed by atoms with Crippen LogP contribution in [0.1, 0.15) is 31.0 Å². The van der Waals surface area contributed by atoms with Gasteiger partial charge < -0.3 is 11.1 Å². The maximum absolute atomic E-state index is 11.4. The van der Waals surface area contributed by atoms with E-state index < -0.39 is 0 Å². The molecule has 0 bridgehead atoms. The lowest BCUT2D eigenvalue weighted by molar-refractivity contribution is -0.115. The Bertz CT molecular complexity index is 694. The monoisotopic (exact) mass is 268 g/mol. The summed E-state index contributed by atoms with van der Waals surface area (Å²) in [5, 5.41) is 2.82. The number of anilines is 2. The maximum atomic E-state index is 11.4. The molecule has 3 N–H and O–H groups in total. The number of hydrogen-bond acceptors (Lipinski definition) is 4. The van der Waals surface area contributed by atoms with Crippen molar-refractivity contribution in [1.82, 2.24) is 9.97 Å². The van der Waals surface area contributed by atoms with Crippen LogP contribution in [0.4, 0.5) is 11.6 Å². The van der Waals surface area contributed by atoms with E-state index >= 15 is 0 Å². The van der Waals surface area contributed by atoms with Crippen molar-refractivity contribution in [2.24, 2.45) is 0 Å². The maximum Gasteiger partial charge on any atom is 0.228 e. The number of carbonyl (C=O) groups excluding carboxylic acids is 1. The van der Waals surface area contributed by atoms with Gasteiger partial charge in [0, 0.05) is 16.9 Å². The number of aromatic nitrogens is 2. The van der Waals surface area contributed by atoms with Crippen LogP contribution in [0, 0.1) is 0 Å². The summed E-state index contributed by atoms with van der Waals surface area (Å²) in [7, 11) is 0. The molecule has 1 amide bonds. The average molecular weight is 268 g/mol. The average Bonchev–Trinajstić information content (AvgIpc) is 2.76. The van der Waals surface area contributed by atoms with Crippen LogP contribution in [0.3, 0.4) is 0 Å². The zero-order chi connectivity index (χ0) is 14.3. The molecule has 5 nitrogen and oxygen atoms in total. The third kappa shape index (κ3) is 2.22. The van der Waals surface area contributed by atoms with Gasteiger partial charge in [0.1, 0.15) is 0 Å². The zero-order valence-corrected chi connectivity index (χ0v) is 11.5. The molecule has 0 unspecified atom stereocenters. The van der Waals surface area contributed by atoms with Gasteiger partial charge in [0.2, 0.25) is 11.9 Å². The van der Waals surface area contributed by atoms with E-state index in [1.54, 1.807) is 0 Å². The van der Waals surface area contributed by atoms with E-state index in [0.29, 0.717) is 6.42 Å². The van der Waals surface area contributed by atoms with E-state index in [9.17, 15) is 4.79 Å². The van der Waals surface area contributed by atoms with Crippen LogP contribution < -0.4 is 11.1 Å². The Hall–Kier alpha value is -2.43. The molecule has 0 fully saturated rings. The van der Waals surface area contributed by atoms with E-state index in [4.69, 9.17) is 5.73 Å². The second kappa shape index (κ2) is 4.59. The number of carbonyl (C=O) groups is 1. The first-order valence-corrected chi connectivity index (χ1v) is 6.60. The van der Waals surface area contributed by atoms with Crippen LogP contribution in [0.5, 0.6) is 0 Å². The largest absolute Gasteiger partial charge is 0.368 e. The lowest BCUT2D eigenvalue weighted by Gasteiger charge is -2.09. The Labute approximate surface area is 117 Å². The number of nitrogen functional groups attached to an aromatic ring is 1. The molecule has 3 rings (SSSR count). The Kier molecular flexibility index (Phi) is 2.89. The van der Waals surface area contributed by atoms with Crippen LogP contribution >= 0.6 is 0 Å². The van der Waals surface area contributed by atoms with E-state index in [2.05, 4.69) is 29.1 Å². The minimum absolute atomic E-state index is 0.0298. The Balaban J connectivity index is 2.06. The van der Waals surface area contributed by atoms with Crippen molar-refractivity contribution in [2.45, 2.75) is 26.2 Å². The molecule has 0 radical (unpaired) electrons. The second-order valence-electron chi connectivity index (χ2n) is 5.29. The van der Waals surface area contributed by atoms with Crippen molar-refractivity contribution >= 4 is 17.5 Å². The number of nitrogens with two attached hydrogens (primary N) is 1. The summed E-state index contributed by atoms with van der Waals surface area (Å²) in [5.41, 5.74) is 10.3. The van der Waals surface area contributed by atoms with Gasteiger partial charge in [-0.15, -0.1) is 0 Å². The molecule has 0 saturated carbocycles. The number of rotatable bonds is 2. The minimum atomic E-state index is 0.0298. The highest BCUT2D eigenvalue weighted by molar-refractivity contribution is 5.99. The zero-order valence-electron chi connectivity index (χ0n) is 11.5. The topological polar surface area (TPSA) is 80.9 Å². The summed E-state index contributed by atoms with van der Waals surface area (Å²) >= 11 is 0. The molecule has 0 atom stereocenters. The van der Waals surface area contributed by atoms with Gasteiger partial charge in [-0.25, -0.2) is 9.97 Å². The lowest BCUT2D eigenvalue weighted by Crippen LogP contribution is -2.03. The number of fused-ring (bicyclic) bond motifs is 1. The standard InChI is InChI=1S/C15H16N4O/c1-8(2)12-7-13(19-15(16)18-12)9-3-4-11-10(5-9)6-14(20)17-11/h3-5,7-8H,6H2,1-2H3,(H,17,20)(H2,16,18,19). The van der Waals surface area contributed by atoms with Gasteiger partial charge in [-0.1, -0.05) is 19.9 Å². The van der Waals surface area contributed by atoms with Crippen LogP contribution in [-0.4, -0.2) is 15.9 Å². The Morgan fingerprint density at radius 1 is 1.25 bits per heavy atom.